The van der Waals surface area contributed by atoms with Crippen LogP contribution in [0.4, 0.5) is 10.1 Å². The molecular weight excluding hydrogens is 565 g/mol. The molecule has 4 amide bonds. The van der Waals surface area contributed by atoms with Gasteiger partial charge in [-0.25, -0.2) is 4.39 Å². The minimum atomic E-state index is -1.42. The Labute approximate surface area is 243 Å². The van der Waals surface area contributed by atoms with Crippen LogP contribution < -0.4 is 14.8 Å². The van der Waals surface area contributed by atoms with E-state index in [4.69, 9.17) is 9.47 Å². The number of hydrogen-bond acceptors (Lipinski definition) is 9. The Kier molecular flexibility index (Phi) is 8.20. The predicted octanol–water partition coefficient (Wildman–Crippen LogP) is 3.70. The summed E-state index contributed by atoms with van der Waals surface area (Å²) in [6.45, 7) is -1.06. The number of fused-ring (bicyclic) bond motifs is 1. The molecule has 13 heteroatoms. The van der Waals surface area contributed by atoms with Gasteiger partial charge in [0.15, 0.2) is 6.04 Å². The van der Waals surface area contributed by atoms with Crippen molar-refractivity contribution in [3.63, 3.8) is 0 Å². The Morgan fingerprint density at radius 2 is 1.69 bits per heavy atom. The molecule has 1 aliphatic heterocycles. The fraction of sp³-hybridized carbons (Fsp3) is 0.172. The normalized spacial score (nSPS) is 13.0. The number of ether oxygens (including phenoxy) is 2. The number of methoxy groups -OCH3 is 2. The van der Waals surface area contributed by atoms with E-state index in [0.717, 1.165) is 21.3 Å². The molecule has 5 rings (SSSR count). The van der Waals surface area contributed by atoms with Gasteiger partial charge in [-0.1, -0.05) is 34.8 Å². The third-order valence-electron chi connectivity index (χ3n) is 6.67. The monoisotopic (exact) mass is 589 g/mol. The number of benzene rings is 3. The van der Waals surface area contributed by atoms with Crippen molar-refractivity contribution in [3.8, 4) is 11.5 Å². The first-order valence-corrected chi connectivity index (χ1v) is 13.4. The molecule has 4 aromatic rings. The molecule has 0 saturated carbocycles. The predicted molar refractivity (Wildman–Crippen MR) is 150 cm³/mol. The fourth-order valence-electron chi connectivity index (χ4n) is 4.57. The van der Waals surface area contributed by atoms with Gasteiger partial charge in [-0.2, -0.15) is 0 Å². The first-order chi connectivity index (χ1) is 20.3. The lowest BCUT2D eigenvalue weighted by Crippen LogP contribution is -2.47. The zero-order valence-electron chi connectivity index (χ0n) is 22.4. The van der Waals surface area contributed by atoms with Gasteiger partial charge in [0, 0.05) is 23.6 Å². The van der Waals surface area contributed by atoms with E-state index in [9.17, 15) is 23.6 Å². The molecule has 0 spiro atoms. The van der Waals surface area contributed by atoms with Gasteiger partial charge in [0.1, 0.15) is 29.6 Å². The maximum atomic E-state index is 14.8. The highest BCUT2D eigenvalue weighted by molar-refractivity contribution is 7.03. The van der Waals surface area contributed by atoms with E-state index < -0.39 is 42.0 Å². The van der Waals surface area contributed by atoms with Crippen molar-refractivity contribution in [3.05, 3.63) is 100 Å². The second-order valence-corrected chi connectivity index (χ2v) is 9.75. The van der Waals surface area contributed by atoms with E-state index in [-0.39, 0.29) is 40.4 Å². The fourth-order valence-corrected chi connectivity index (χ4v) is 5.04. The first-order valence-electron chi connectivity index (χ1n) is 12.6. The number of amides is 4. The summed E-state index contributed by atoms with van der Waals surface area (Å²) in [5.41, 5.74) is 0.824. The van der Waals surface area contributed by atoms with E-state index in [1.807, 2.05) is 0 Å². The van der Waals surface area contributed by atoms with E-state index in [1.54, 1.807) is 36.4 Å². The van der Waals surface area contributed by atoms with Crippen molar-refractivity contribution < 1.29 is 33.0 Å². The van der Waals surface area contributed by atoms with Crippen LogP contribution in [-0.2, 0) is 16.1 Å². The van der Waals surface area contributed by atoms with Crippen molar-refractivity contribution >= 4 is 40.8 Å². The van der Waals surface area contributed by atoms with Crippen LogP contribution in [0, 0.1) is 5.82 Å². The summed E-state index contributed by atoms with van der Waals surface area (Å²) in [7, 11) is 2.90. The third kappa shape index (κ3) is 5.54. The number of nitrogens with zero attached hydrogens (tertiary/aromatic N) is 4. The van der Waals surface area contributed by atoms with Crippen molar-refractivity contribution in [2.75, 3.05) is 26.1 Å². The van der Waals surface area contributed by atoms with Crippen molar-refractivity contribution in [1.82, 2.24) is 19.4 Å². The van der Waals surface area contributed by atoms with Crippen LogP contribution in [-0.4, -0.2) is 63.8 Å². The van der Waals surface area contributed by atoms with Gasteiger partial charge in [0.25, 0.3) is 17.7 Å². The van der Waals surface area contributed by atoms with Crippen LogP contribution in [0.5, 0.6) is 11.5 Å². The molecular formula is C29H24FN5O6S. The smallest absolute Gasteiger partial charge is 0.262 e. The highest BCUT2D eigenvalue weighted by Crippen LogP contribution is 2.32. The zero-order chi connectivity index (χ0) is 29.8. The molecule has 214 valence electrons. The Hall–Kier alpha value is -5.17. The molecule has 1 aromatic heterocycles. The standard InChI is InChI=1S/C29H24FN5O6S/c1-40-18-11-12-22(24(13-18)41-2)31-27(37)26(23-16-42-33-32-23)34(14-17-7-3-6-10-21(17)30)25(36)15-35-28(38)19-8-4-5-9-20(19)29(35)39/h3-13,16,26H,14-15H2,1-2H3,(H,31,37)/t26-/m0/s1. The number of imide groups is 1. The van der Waals surface area contributed by atoms with Crippen LogP contribution in [0.1, 0.15) is 38.0 Å². The molecule has 3 aromatic carbocycles. The van der Waals surface area contributed by atoms with Crippen molar-refractivity contribution in [2.45, 2.75) is 12.6 Å². The number of anilines is 1. The summed E-state index contributed by atoms with van der Waals surface area (Å²) in [4.78, 5) is 55.8. The summed E-state index contributed by atoms with van der Waals surface area (Å²) in [6.07, 6.45) is 0. The second kappa shape index (κ2) is 12.1. The van der Waals surface area contributed by atoms with Crippen molar-refractivity contribution in [1.29, 1.82) is 0 Å². The number of hydrogen-bond donors (Lipinski definition) is 1. The summed E-state index contributed by atoms with van der Waals surface area (Å²) >= 11 is 0.955. The molecule has 0 fully saturated rings. The van der Waals surface area contributed by atoms with E-state index >= 15 is 0 Å². The largest absolute Gasteiger partial charge is 0.497 e. The summed E-state index contributed by atoms with van der Waals surface area (Å²) in [6, 6.07) is 15.3. The van der Waals surface area contributed by atoms with Gasteiger partial charge in [0.2, 0.25) is 5.91 Å². The lowest BCUT2D eigenvalue weighted by Gasteiger charge is -2.31. The van der Waals surface area contributed by atoms with Gasteiger partial charge in [-0.15, -0.1) is 5.10 Å². The minimum Gasteiger partial charge on any atom is -0.497 e. The third-order valence-corrected chi connectivity index (χ3v) is 7.20. The van der Waals surface area contributed by atoms with Gasteiger partial charge in [-0.05, 0) is 41.9 Å². The maximum absolute atomic E-state index is 14.8. The lowest BCUT2D eigenvalue weighted by atomic mass is 10.1. The molecule has 0 aliphatic carbocycles. The summed E-state index contributed by atoms with van der Waals surface area (Å²) in [5, 5.41) is 8.26. The second-order valence-electron chi connectivity index (χ2n) is 9.14. The number of carbonyl (C=O) groups is 4. The molecule has 1 aliphatic rings. The van der Waals surface area contributed by atoms with E-state index in [2.05, 4.69) is 14.9 Å². The van der Waals surface area contributed by atoms with Crippen LogP contribution in [0.25, 0.3) is 0 Å². The highest BCUT2D eigenvalue weighted by atomic mass is 32.1. The number of aromatic nitrogens is 2. The van der Waals surface area contributed by atoms with Crippen LogP contribution >= 0.6 is 11.5 Å². The Morgan fingerprint density at radius 3 is 2.31 bits per heavy atom. The molecule has 42 heavy (non-hydrogen) atoms. The number of halogens is 1. The summed E-state index contributed by atoms with van der Waals surface area (Å²) < 4.78 is 29.3. The number of carbonyl (C=O) groups excluding carboxylic acids is 4. The van der Waals surface area contributed by atoms with Crippen LogP contribution in [0.3, 0.4) is 0 Å². The first kappa shape index (κ1) is 28.4. The average Bonchev–Trinajstić information content (AvgIpc) is 3.61. The molecule has 0 saturated heterocycles. The van der Waals surface area contributed by atoms with Crippen LogP contribution in [0.2, 0.25) is 0 Å². The van der Waals surface area contributed by atoms with E-state index in [0.29, 0.717) is 5.75 Å². The van der Waals surface area contributed by atoms with Gasteiger partial charge < -0.3 is 19.7 Å². The highest BCUT2D eigenvalue weighted by Gasteiger charge is 2.40. The SMILES string of the molecule is COc1ccc(NC(=O)[C@H](c2csnn2)N(Cc2ccccc2F)C(=O)CN2C(=O)c3ccccc3C2=O)c(OC)c1. The average molecular weight is 590 g/mol. The van der Waals surface area contributed by atoms with Crippen molar-refractivity contribution in [2.24, 2.45) is 0 Å². The molecule has 0 unspecified atom stereocenters. The Morgan fingerprint density at radius 1 is 1.00 bits per heavy atom. The van der Waals surface area contributed by atoms with Gasteiger partial charge in [0.05, 0.1) is 31.0 Å². The lowest BCUT2D eigenvalue weighted by molar-refractivity contribution is -0.140. The maximum Gasteiger partial charge on any atom is 0.262 e. The quantitative estimate of drug-likeness (QED) is 0.277. The van der Waals surface area contributed by atoms with Crippen LogP contribution in [0.15, 0.2) is 72.1 Å². The molecule has 0 radical (unpaired) electrons. The topological polar surface area (TPSA) is 131 Å². The minimum absolute atomic E-state index is 0.108. The molecule has 11 nitrogen and oxygen atoms in total. The molecule has 2 heterocycles. The summed E-state index contributed by atoms with van der Waals surface area (Å²) in [5.74, 6) is -2.62. The molecule has 1 atom stereocenters. The van der Waals surface area contributed by atoms with Gasteiger partial charge >= 0.3 is 0 Å². The van der Waals surface area contributed by atoms with Gasteiger partial charge in [-0.3, -0.25) is 24.1 Å². The Bertz CT molecular complexity index is 1630. The van der Waals surface area contributed by atoms with E-state index in [1.165, 1.54) is 49.9 Å². The number of nitrogens with one attached hydrogen (secondary N) is 1. The molecule has 1 N–H and O–H groups in total. The zero-order valence-corrected chi connectivity index (χ0v) is 23.3. The number of rotatable bonds is 10. The Balaban J connectivity index is 1.52. The molecule has 0 bridgehead atoms.